The van der Waals surface area contributed by atoms with Crippen LogP contribution < -0.4 is 4.90 Å². The number of benzene rings is 1. The lowest BCUT2D eigenvalue weighted by Gasteiger charge is -2.35. The number of nitrogens with zero attached hydrogens (tertiary/aromatic N) is 4. The molecule has 3 aromatic rings. The van der Waals surface area contributed by atoms with E-state index in [9.17, 15) is 8.78 Å². The van der Waals surface area contributed by atoms with Crippen LogP contribution in [0.25, 0.3) is 10.9 Å². The van der Waals surface area contributed by atoms with Crippen LogP contribution in [0.15, 0.2) is 30.6 Å². The van der Waals surface area contributed by atoms with Gasteiger partial charge < -0.3 is 9.47 Å². The van der Waals surface area contributed by atoms with Gasteiger partial charge >= 0.3 is 0 Å². The highest BCUT2D eigenvalue weighted by Crippen LogP contribution is 2.34. The normalized spacial score (nSPS) is 18.1. The van der Waals surface area contributed by atoms with Crippen molar-refractivity contribution in [2.45, 2.75) is 25.7 Å². The molecule has 0 N–H and O–H groups in total. The predicted molar refractivity (Wildman–Crippen MR) is 93.8 cm³/mol. The van der Waals surface area contributed by atoms with E-state index in [2.05, 4.69) is 14.9 Å². The van der Waals surface area contributed by atoms with Crippen LogP contribution in [0.1, 0.15) is 30.3 Å². The van der Waals surface area contributed by atoms with Crippen molar-refractivity contribution in [1.29, 1.82) is 0 Å². The number of aromatic nitrogens is 3. The average molecular weight is 342 g/mol. The minimum absolute atomic E-state index is 0.232. The summed E-state index contributed by atoms with van der Waals surface area (Å²) in [5.74, 6) is 0.167. The van der Waals surface area contributed by atoms with Gasteiger partial charge in [0, 0.05) is 61.3 Å². The summed E-state index contributed by atoms with van der Waals surface area (Å²) in [5.41, 5.74) is 1.81. The summed E-state index contributed by atoms with van der Waals surface area (Å²) in [7, 11) is 2.00. The molecule has 1 saturated heterocycles. The largest absolute Gasteiger partial charge is 0.370 e. The van der Waals surface area contributed by atoms with Gasteiger partial charge in [0.15, 0.2) is 5.82 Å². The molecule has 1 fully saturated rings. The fraction of sp³-hybridized carbons (Fsp3) is 0.368. The van der Waals surface area contributed by atoms with Crippen LogP contribution in [-0.2, 0) is 7.05 Å². The molecule has 0 spiro atoms. The molecule has 1 aliphatic rings. The Morgan fingerprint density at radius 1 is 1.20 bits per heavy atom. The van der Waals surface area contributed by atoms with Crippen molar-refractivity contribution in [1.82, 2.24) is 14.5 Å². The first-order valence-electron chi connectivity index (χ1n) is 8.51. The third-order valence-electron chi connectivity index (χ3n) is 4.92. The van der Waals surface area contributed by atoms with Crippen molar-refractivity contribution in [3.05, 3.63) is 53.7 Å². The van der Waals surface area contributed by atoms with Crippen molar-refractivity contribution in [3.63, 3.8) is 0 Å². The van der Waals surface area contributed by atoms with Gasteiger partial charge in [0.2, 0.25) is 0 Å². The number of pyridine rings is 1. The fourth-order valence-corrected chi connectivity index (χ4v) is 3.80. The Balaban J connectivity index is 1.77. The second kappa shape index (κ2) is 6.10. The third kappa shape index (κ3) is 2.86. The summed E-state index contributed by atoms with van der Waals surface area (Å²) in [6, 6.07) is 4.19. The minimum Gasteiger partial charge on any atom is -0.370 e. The molecular formula is C19H20F2N4. The summed E-state index contributed by atoms with van der Waals surface area (Å²) in [6.07, 6.45) is 5.83. The van der Waals surface area contributed by atoms with Gasteiger partial charge in [-0.2, -0.15) is 0 Å². The summed E-state index contributed by atoms with van der Waals surface area (Å²) in [5, 5.41) is 0.531. The predicted octanol–water partition coefficient (Wildman–Crippen LogP) is 3.94. The standard InChI is InChI=1S/C19H20F2N4/c1-12-8-17(15-9-14(20)10-16(21)18(15)23-12)25-6-3-4-13(11-25)19-22-5-7-24(19)2/h5,7-10,13H,3-4,6,11H2,1-2H3. The number of hydrogen-bond acceptors (Lipinski definition) is 3. The summed E-state index contributed by atoms with van der Waals surface area (Å²) in [4.78, 5) is 11.0. The number of aryl methyl sites for hydroxylation is 2. The molecule has 4 rings (SSSR count). The van der Waals surface area contributed by atoms with Crippen LogP contribution in [0.4, 0.5) is 14.5 Å². The molecule has 0 amide bonds. The molecule has 1 unspecified atom stereocenters. The van der Waals surface area contributed by atoms with E-state index in [1.165, 1.54) is 6.07 Å². The number of anilines is 1. The Morgan fingerprint density at radius 2 is 2.04 bits per heavy atom. The zero-order valence-electron chi connectivity index (χ0n) is 14.3. The first kappa shape index (κ1) is 16.0. The average Bonchev–Trinajstić information content (AvgIpc) is 3.01. The van der Waals surface area contributed by atoms with E-state index < -0.39 is 11.6 Å². The lowest BCUT2D eigenvalue weighted by Crippen LogP contribution is -2.35. The molecule has 130 valence electrons. The van der Waals surface area contributed by atoms with Crippen molar-refractivity contribution in [2.24, 2.45) is 7.05 Å². The topological polar surface area (TPSA) is 34.0 Å². The quantitative estimate of drug-likeness (QED) is 0.707. The molecule has 25 heavy (non-hydrogen) atoms. The van der Waals surface area contributed by atoms with Gasteiger partial charge in [0.1, 0.15) is 17.2 Å². The van der Waals surface area contributed by atoms with Crippen LogP contribution in [0.5, 0.6) is 0 Å². The van der Waals surface area contributed by atoms with Gasteiger partial charge in [0.05, 0.1) is 0 Å². The van der Waals surface area contributed by atoms with Crippen LogP contribution in [0.2, 0.25) is 0 Å². The summed E-state index contributed by atoms with van der Waals surface area (Å²) in [6.45, 7) is 3.48. The highest BCUT2D eigenvalue weighted by molar-refractivity contribution is 5.92. The van der Waals surface area contributed by atoms with Gasteiger partial charge in [-0.15, -0.1) is 0 Å². The molecule has 0 aliphatic carbocycles. The molecule has 2 aromatic heterocycles. The lowest BCUT2D eigenvalue weighted by atomic mass is 9.96. The van der Waals surface area contributed by atoms with E-state index in [0.717, 1.165) is 49.2 Å². The lowest BCUT2D eigenvalue weighted by molar-refractivity contribution is 0.482. The Hall–Kier alpha value is -2.50. The number of halogens is 2. The molecule has 1 atom stereocenters. The first-order chi connectivity index (χ1) is 12.0. The monoisotopic (exact) mass is 342 g/mol. The first-order valence-corrected chi connectivity index (χ1v) is 8.51. The number of piperidine rings is 1. The van der Waals surface area contributed by atoms with E-state index in [4.69, 9.17) is 0 Å². The molecule has 0 saturated carbocycles. The molecule has 1 aromatic carbocycles. The highest BCUT2D eigenvalue weighted by atomic mass is 19.1. The number of hydrogen-bond donors (Lipinski definition) is 0. The van der Waals surface area contributed by atoms with Gasteiger partial charge in [-0.1, -0.05) is 0 Å². The zero-order chi connectivity index (χ0) is 17.6. The Morgan fingerprint density at radius 3 is 2.80 bits per heavy atom. The Kier molecular flexibility index (Phi) is 3.90. The second-order valence-electron chi connectivity index (χ2n) is 6.75. The van der Waals surface area contributed by atoms with Gasteiger partial charge in [0.25, 0.3) is 0 Å². The van der Waals surface area contributed by atoms with Crippen LogP contribution in [0, 0.1) is 18.6 Å². The van der Waals surface area contributed by atoms with Gasteiger partial charge in [-0.25, -0.2) is 18.7 Å². The molecule has 6 heteroatoms. The van der Waals surface area contributed by atoms with E-state index >= 15 is 0 Å². The van der Waals surface area contributed by atoms with Gasteiger partial charge in [-0.3, -0.25) is 0 Å². The maximum absolute atomic E-state index is 14.2. The van der Waals surface area contributed by atoms with Crippen molar-refractivity contribution in [2.75, 3.05) is 18.0 Å². The molecular weight excluding hydrogens is 322 g/mol. The maximum Gasteiger partial charge on any atom is 0.152 e. The number of rotatable bonds is 2. The van der Waals surface area contributed by atoms with Crippen LogP contribution >= 0.6 is 0 Å². The van der Waals surface area contributed by atoms with E-state index in [1.807, 2.05) is 37.0 Å². The van der Waals surface area contributed by atoms with E-state index in [1.54, 1.807) is 0 Å². The number of imidazole rings is 1. The summed E-state index contributed by atoms with van der Waals surface area (Å²) >= 11 is 0. The second-order valence-corrected chi connectivity index (χ2v) is 6.75. The minimum atomic E-state index is -0.613. The third-order valence-corrected chi connectivity index (χ3v) is 4.92. The highest BCUT2D eigenvalue weighted by Gasteiger charge is 2.26. The molecule has 0 bridgehead atoms. The molecule has 0 radical (unpaired) electrons. The fourth-order valence-electron chi connectivity index (χ4n) is 3.80. The number of fused-ring (bicyclic) bond motifs is 1. The van der Waals surface area contributed by atoms with Crippen molar-refractivity contribution >= 4 is 16.6 Å². The molecule has 1 aliphatic heterocycles. The SMILES string of the molecule is Cc1cc(N2CCCC(c3nccn3C)C2)c2cc(F)cc(F)c2n1. The Bertz CT molecular complexity index is 935. The molecule has 4 nitrogen and oxygen atoms in total. The summed E-state index contributed by atoms with van der Waals surface area (Å²) < 4.78 is 30.0. The maximum atomic E-state index is 14.2. The van der Waals surface area contributed by atoms with Gasteiger partial charge in [-0.05, 0) is 31.9 Å². The Labute approximate surface area is 145 Å². The van der Waals surface area contributed by atoms with E-state index in [-0.39, 0.29) is 5.52 Å². The van der Waals surface area contributed by atoms with Crippen LogP contribution in [-0.4, -0.2) is 27.6 Å². The van der Waals surface area contributed by atoms with Crippen LogP contribution in [0.3, 0.4) is 0 Å². The smallest absolute Gasteiger partial charge is 0.152 e. The zero-order valence-corrected chi connectivity index (χ0v) is 14.3. The molecule has 3 heterocycles. The van der Waals surface area contributed by atoms with E-state index in [0.29, 0.717) is 11.3 Å². The van der Waals surface area contributed by atoms with Crippen molar-refractivity contribution in [3.8, 4) is 0 Å². The van der Waals surface area contributed by atoms with Crippen molar-refractivity contribution < 1.29 is 8.78 Å².